The van der Waals surface area contributed by atoms with Crippen LogP contribution in [-0.2, 0) is 4.74 Å². The number of rotatable bonds is 4. The molecule has 0 aliphatic rings. The molecule has 0 aliphatic heterocycles. The number of thiazole rings is 1. The number of hydrogen-bond acceptors (Lipinski definition) is 8. The minimum Gasteiger partial charge on any atom is -0.439 e. The number of carbonyl (C=O) groups excluding carboxylic acids is 1. The Hall–Kier alpha value is -2.94. The average Bonchev–Trinajstić information content (AvgIpc) is 3.21. The Balaban J connectivity index is 1.79. The van der Waals surface area contributed by atoms with Crippen molar-refractivity contribution in [2.24, 2.45) is 0 Å². The van der Waals surface area contributed by atoms with Crippen LogP contribution in [0.1, 0.15) is 29.4 Å². The van der Waals surface area contributed by atoms with Gasteiger partial charge in [-0.15, -0.1) is 11.3 Å². The van der Waals surface area contributed by atoms with E-state index in [1.807, 2.05) is 5.38 Å². The molecule has 3 heterocycles. The number of aryl methyl sites for hydroxylation is 2. The monoisotopic (exact) mass is 359 g/mol. The molecule has 0 aromatic carbocycles. The van der Waals surface area contributed by atoms with Crippen LogP contribution in [0.25, 0.3) is 11.5 Å². The smallest absolute Gasteiger partial charge is 0.412 e. The van der Waals surface area contributed by atoms with E-state index in [0.29, 0.717) is 39.2 Å². The van der Waals surface area contributed by atoms with Crippen molar-refractivity contribution in [3.63, 3.8) is 0 Å². The summed E-state index contributed by atoms with van der Waals surface area (Å²) >= 11 is 1.42. The molecule has 3 rings (SSSR count). The maximum absolute atomic E-state index is 12.2. The molecular weight excluding hydrogens is 342 g/mol. The Bertz CT molecular complexity index is 891. The Morgan fingerprint density at radius 3 is 2.84 bits per heavy atom. The zero-order valence-corrected chi connectivity index (χ0v) is 14.8. The molecule has 0 bridgehead atoms. The van der Waals surface area contributed by atoms with E-state index < -0.39 is 12.2 Å². The predicted molar refractivity (Wildman–Crippen MR) is 94.3 cm³/mol. The Morgan fingerprint density at radius 2 is 2.16 bits per heavy atom. The largest absolute Gasteiger partial charge is 0.439 e. The van der Waals surface area contributed by atoms with E-state index in [1.165, 1.54) is 11.3 Å². The maximum atomic E-state index is 12.2. The van der Waals surface area contributed by atoms with Gasteiger partial charge in [0.15, 0.2) is 6.10 Å². The standard InChI is InChI=1S/C16H17N5O3S/c1-8-11(17)4-5-12(19-8)14-13(9(2)21-24-14)20-16(22)23-10(3)15-18-6-7-25-15/h4-7,10H,17H2,1-3H3,(H,20,22). The van der Waals surface area contributed by atoms with Gasteiger partial charge in [0.1, 0.15) is 22.1 Å². The molecule has 0 saturated carbocycles. The first-order chi connectivity index (χ1) is 12.0. The molecule has 3 aromatic rings. The number of carbonyl (C=O) groups is 1. The van der Waals surface area contributed by atoms with Crippen molar-refractivity contribution in [3.05, 3.63) is 40.1 Å². The SMILES string of the molecule is Cc1nc(-c2onc(C)c2NC(=O)OC(C)c2nccs2)ccc1N. The molecule has 1 amide bonds. The third-order valence-electron chi connectivity index (χ3n) is 3.53. The highest BCUT2D eigenvalue weighted by Gasteiger charge is 2.21. The maximum Gasteiger partial charge on any atom is 0.412 e. The molecule has 0 saturated heterocycles. The molecule has 0 radical (unpaired) electrons. The second kappa shape index (κ2) is 6.89. The second-order valence-corrected chi connectivity index (χ2v) is 6.31. The van der Waals surface area contributed by atoms with Crippen molar-refractivity contribution < 1.29 is 14.1 Å². The number of anilines is 2. The highest BCUT2D eigenvalue weighted by molar-refractivity contribution is 7.09. The lowest BCUT2D eigenvalue weighted by Crippen LogP contribution is -2.16. The minimum atomic E-state index is -0.623. The first kappa shape index (κ1) is 16.9. The zero-order valence-electron chi connectivity index (χ0n) is 13.9. The van der Waals surface area contributed by atoms with Crippen LogP contribution in [0.5, 0.6) is 0 Å². The Labute approximate surface area is 148 Å². The van der Waals surface area contributed by atoms with Crippen LogP contribution in [0.4, 0.5) is 16.2 Å². The summed E-state index contributed by atoms with van der Waals surface area (Å²) in [6.07, 6.45) is 0.581. The van der Waals surface area contributed by atoms with Crippen molar-refractivity contribution in [1.82, 2.24) is 15.1 Å². The fourth-order valence-corrected chi connectivity index (χ4v) is 2.79. The molecule has 8 nitrogen and oxygen atoms in total. The van der Waals surface area contributed by atoms with Gasteiger partial charge < -0.3 is 15.0 Å². The minimum absolute atomic E-state index is 0.347. The zero-order chi connectivity index (χ0) is 18.0. The number of nitrogens with two attached hydrogens (primary N) is 1. The van der Waals surface area contributed by atoms with Gasteiger partial charge in [0, 0.05) is 11.6 Å². The highest BCUT2D eigenvalue weighted by Crippen LogP contribution is 2.31. The van der Waals surface area contributed by atoms with Gasteiger partial charge in [-0.2, -0.15) is 0 Å². The summed E-state index contributed by atoms with van der Waals surface area (Å²) in [5, 5.41) is 9.11. The second-order valence-electron chi connectivity index (χ2n) is 5.39. The number of pyridine rings is 1. The number of ether oxygens (including phenoxy) is 1. The molecule has 3 N–H and O–H groups in total. The van der Waals surface area contributed by atoms with Gasteiger partial charge >= 0.3 is 6.09 Å². The van der Waals surface area contributed by atoms with E-state index in [9.17, 15) is 4.79 Å². The van der Waals surface area contributed by atoms with Gasteiger partial charge in [-0.05, 0) is 32.9 Å². The molecule has 3 aromatic heterocycles. The van der Waals surface area contributed by atoms with Crippen LogP contribution in [0.15, 0.2) is 28.2 Å². The molecule has 130 valence electrons. The lowest BCUT2D eigenvalue weighted by molar-refractivity contribution is 0.121. The quantitative estimate of drug-likeness (QED) is 0.729. The normalized spacial score (nSPS) is 12.0. The van der Waals surface area contributed by atoms with Crippen LogP contribution in [0.3, 0.4) is 0 Å². The number of nitrogens with one attached hydrogen (secondary N) is 1. The van der Waals surface area contributed by atoms with Crippen molar-refractivity contribution in [3.8, 4) is 11.5 Å². The van der Waals surface area contributed by atoms with Gasteiger partial charge in [0.2, 0.25) is 5.76 Å². The fraction of sp³-hybridized carbons (Fsp3) is 0.250. The first-order valence-electron chi connectivity index (χ1n) is 7.52. The number of hydrogen-bond donors (Lipinski definition) is 2. The van der Waals surface area contributed by atoms with Crippen molar-refractivity contribution in [1.29, 1.82) is 0 Å². The van der Waals surface area contributed by atoms with Crippen LogP contribution >= 0.6 is 11.3 Å². The van der Waals surface area contributed by atoms with E-state index in [4.69, 9.17) is 15.0 Å². The summed E-state index contributed by atoms with van der Waals surface area (Å²) in [6.45, 7) is 5.26. The van der Waals surface area contributed by atoms with Crippen LogP contribution in [0, 0.1) is 13.8 Å². The average molecular weight is 359 g/mol. The predicted octanol–water partition coefficient (Wildman–Crippen LogP) is 3.70. The summed E-state index contributed by atoms with van der Waals surface area (Å²) in [6, 6.07) is 3.43. The number of nitrogens with zero attached hydrogens (tertiary/aromatic N) is 3. The lowest BCUT2D eigenvalue weighted by Gasteiger charge is -2.11. The first-order valence-corrected chi connectivity index (χ1v) is 8.40. The van der Waals surface area contributed by atoms with E-state index >= 15 is 0 Å². The van der Waals surface area contributed by atoms with Crippen LogP contribution in [-0.4, -0.2) is 21.2 Å². The van der Waals surface area contributed by atoms with Crippen molar-refractivity contribution in [2.45, 2.75) is 26.9 Å². The molecular formula is C16H17N5O3S. The summed E-state index contributed by atoms with van der Waals surface area (Å²) in [5.74, 6) is 0.347. The highest BCUT2D eigenvalue weighted by atomic mass is 32.1. The van der Waals surface area contributed by atoms with Crippen LogP contribution < -0.4 is 11.1 Å². The molecule has 25 heavy (non-hydrogen) atoms. The van der Waals surface area contributed by atoms with E-state index in [-0.39, 0.29) is 0 Å². The van der Waals surface area contributed by atoms with Gasteiger partial charge in [0.05, 0.1) is 11.4 Å². The number of amides is 1. The topological polar surface area (TPSA) is 116 Å². The Morgan fingerprint density at radius 1 is 1.36 bits per heavy atom. The third-order valence-corrected chi connectivity index (χ3v) is 4.47. The van der Waals surface area contributed by atoms with E-state index in [0.717, 1.165) is 0 Å². The molecule has 0 fully saturated rings. The third kappa shape index (κ3) is 3.61. The van der Waals surface area contributed by atoms with Crippen molar-refractivity contribution in [2.75, 3.05) is 11.1 Å². The van der Waals surface area contributed by atoms with E-state index in [1.54, 1.807) is 39.1 Å². The number of nitrogen functional groups attached to an aromatic ring is 1. The molecule has 1 unspecified atom stereocenters. The number of aromatic nitrogens is 3. The summed E-state index contributed by atoms with van der Waals surface area (Å²) in [7, 11) is 0. The van der Waals surface area contributed by atoms with Crippen molar-refractivity contribution >= 4 is 28.8 Å². The van der Waals surface area contributed by atoms with Gasteiger partial charge in [-0.1, -0.05) is 5.16 Å². The molecule has 0 aliphatic carbocycles. The molecule has 0 spiro atoms. The van der Waals surface area contributed by atoms with Crippen LogP contribution in [0.2, 0.25) is 0 Å². The lowest BCUT2D eigenvalue weighted by atomic mass is 10.2. The Kier molecular flexibility index (Phi) is 4.66. The molecule has 1 atom stereocenters. The van der Waals surface area contributed by atoms with Gasteiger partial charge in [-0.25, -0.2) is 14.8 Å². The summed E-state index contributed by atoms with van der Waals surface area (Å²) in [4.78, 5) is 20.7. The fourth-order valence-electron chi connectivity index (χ4n) is 2.17. The van der Waals surface area contributed by atoms with Gasteiger partial charge in [-0.3, -0.25) is 5.32 Å². The molecule has 9 heteroatoms. The van der Waals surface area contributed by atoms with Gasteiger partial charge in [0.25, 0.3) is 0 Å². The van der Waals surface area contributed by atoms with E-state index in [2.05, 4.69) is 20.4 Å². The summed E-state index contributed by atoms with van der Waals surface area (Å²) < 4.78 is 10.7. The summed E-state index contributed by atoms with van der Waals surface area (Å²) in [5.41, 5.74) is 8.48.